The summed E-state index contributed by atoms with van der Waals surface area (Å²) in [5.41, 5.74) is 4.90. The quantitative estimate of drug-likeness (QED) is 0.361. The maximum atomic E-state index is 13.1. The molecule has 5 rings (SSSR count). The Morgan fingerprint density at radius 2 is 1.91 bits per heavy atom. The van der Waals surface area contributed by atoms with Gasteiger partial charge >= 0.3 is 5.97 Å². The first-order chi connectivity index (χ1) is 16.3. The number of aromatic carboxylic acids is 1. The molecule has 0 aliphatic carbocycles. The van der Waals surface area contributed by atoms with Crippen LogP contribution in [0.3, 0.4) is 0 Å². The van der Waals surface area contributed by atoms with E-state index >= 15 is 0 Å². The first kappa shape index (κ1) is 22.0. The molecular formula is C27H23ClN2O4. The van der Waals surface area contributed by atoms with Gasteiger partial charge in [-0.25, -0.2) is 4.79 Å². The van der Waals surface area contributed by atoms with Gasteiger partial charge in [-0.2, -0.15) is 0 Å². The number of benzene rings is 3. The fourth-order valence-electron chi connectivity index (χ4n) is 4.54. The van der Waals surface area contributed by atoms with Crippen LogP contribution in [-0.4, -0.2) is 11.1 Å². The van der Waals surface area contributed by atoms with Crippen LogP contribution in [0.15, 0.2) is 69.9 Å². The largest absolute Gasteiger partial charge is 0.478 e. The predicted molar refractivity (Wildman–Crippen MR) is 134 cm³/mol. The Hall–Kier alpha value is -3.77. The lowest BCUT2D eigenvalue weighted by molar-refractivity contribution is 0.0698. The summed E-state index contributed by atoms with van der Waals surface area (Å²) in [6, 6.07) is 17.6. The molecule has 0 bridgehead atoms. The number of anilines is 2. The van der Waals surface area contributed by atoms with Crippen molar-refractivity contribution in [3.05, 3.63) is 104 Å². The molecule has 6 nitrogen and oxygen atoms in total. The minimum atomic E-state index is -1.01. The van der Waals surface area contributed by atoms with Crippen molar-refractivity contribution in [1.82, 2.24) is 0 Å². The van der Waals surface area contributed by atoms with E-state index in [2.05, 4.69) is 5.32 Å². The number of halogens is 1. The van der Waals surface area contributed by atoms with Gasteiger partial charge in [-0.3, -0.25) is 4.79 Å². The second-order valence-electron chi connectivity index (χ2n) is 8.63. The Morgan fingerprint density at radius 3 is 2.68 bits per heavy atom. The third kappa shape index (κ3) is 3.90. The number of carbonyl (C=O) groups is 1. The second kappa shape index (κ2) is 8.54. The first-order valence-electron chi connectivity index (χ1n) is 11.0. The molecule has 3 aromatic carbocycles. The number of carboxylic acids is 1. The number of carboxylic acid groups (broad SMARTS) is 1. The molecule has 0 radical (unpaired) electrons. The van der Waals surface area contributed by atoms with Crippen molar-refractivity contribution in [2.75, 3.05) is 10.2 Å². The molecule has 0 saturated carbocycles. The Labute approximate surface area is 201 Å². The Kier molecular flexibility index (Phi) is 5.54. The Balaban J connectivity index is 1.57. The summed E-state index contributed by atoms with van der Waals surface area (Å²) < 4.78 is 6.35. The zero-order valence-corrected chi connectivity index (χ0v) is 19.5. The number of hydrogen-bond acceptors (Lipinski definition) is 5. The average Bonchev–Trinajstić information content (AvgIpc) is 3.25. The molecule has 1 unspecified atom stereocenters. The highest BCUT2D eigenvalue weighted by atomic mass is 35.5. The number of hydrogen-bond donors (Lipinski definition) is 2. The van der Waals surface area contributed by atoms with Gasteiger partial charge in [0.15, 0.2) is 5.43 Å². The van der Waals surface area contributed by atoms with Crippen molar-refractivity contribution in [3.8, 4) is 0 Å². The molecule has 2 heterocycles. The zero-order valence-electron chi connectivity index (χ0n) is 18.8. The van der Waals surface area contributed by atoms with Gasteiger partial charge in [-0.1, -0.05) is 41.9 Å². The zero-order chi connectivity index (χ0) is 24.0. The van der Waals surface area contributed by atoms with Gasteiger partial charge in [0, 0.05) is 35.4 Å². The van der Waals surface area contributed by atoms with Gasteiger partial charge in [0.25, 0.3) is 0 Å². The van der Waals surface area contributed by atoms with Crippen LogP contribution in [0.1, 0.15) is 45.6 Å². The first-order valence-corrected chi connectivity index (χ1v) is 11.4. The molecule has 7 heteroatoms. The maximum Gasteiger partial charge on any atom is 0.337 e. The molecule has 0 spiro atoms. The van der Waals surface area contributed by atoms with Gasteiger partial charge in [0.2, 0.25) is 5.88 Å². The SMILES string of the molecule is Cc1cc(C(C)Nc2ccccc2C(=O)O)c2oc(N3Cc4cccc(Cl)c4C3)cc(=O)c2c1. The van der Waals surface area contributed by atoms with Crippen molar-refractivity contribution >= 4 is 40.1 Å². The summed E-state index contributed by atoms with van der Waals surface area (Å²) in [6.45, 7) is 5.01. The number of rotatable bonds is 5. The van der Waals surface area contributed by atoms with Crippen LogP contribution in [0.25, 0.3) is 11.0 Å². The van der Waals surface area contributed by atoms with E-state index in [9.17, 15) is 14.7 Å². The van der Waals surface area contributed by atoms with Crippen LogP contribution in [0.2, 0.25) is 5.02 Å². The smallest absolute Gasteiger partial charge is 0.337 e. The molecular weight excluding hydrogens is 452 g/mol. The average molecular weight is 475 g/mol. The standard InChI is InChI=1S/C27H23ClN2O4/c1-15-10-19(16(2)29-23-9-4-3-7-18(23)27(32)33)26-20(11-15)24(31)12-25(34-26)30-13-17-6-5-8-22(28)21(17)14-30/h3-12,16,29H,13-14H2,1-2H3,(H,32,33). The van der Waals surface area contributed by atoms with Gasteiger partial charge < -0.3 is 19.7 Å². The fourth-order valence-corrected chi connectivity index (χ4v) is 4.80. The van der Waals surface area contributed by atoms with Crippen LogP contribution in [0.4, 0.5) is 11.6 Å². The van der Waals surface area contributed by atoms with Gasteiger partial charge in [-0.15, -0.1) is 0 Å². The van der Waals surface area contributed by atoms with E-state index in [4.69, 9.17) is 16.0 Å². The summed E-state index contributed by atoms with van der Waals surface area (Å²) >= 11 is 6.38. The van der Waals surface area contributed by atoms with Crippen LogP contribution in [0.5, 0.6) is 0 Å². The summed E-state index contributed by atoms with van der Waals surface area (Å²) in [5, 5.41) is 14.0. The third-order valence-electron chi connectivity index (χ3n) is 6.22. The number of para-hydroxylation sites is 1. The van der Waals surface area contributed by atoms with Crippen molar-refractivity contribution < 1.29 is 14.3 Å². The second-order valence-corrected chi connectivity index (χ2v) is 9.04. The fraction of sp³-hybridized carbons (Fsp3) is 0.185. The Morgan fingerprint density at radius 1 is 1.12 bits per heavy atom. The highest BCUT2D eigenvalue weighted by Crippen LogP contribution is 2.35. The van der Waals surface area contributed by atoms with E-state index in [1.54, 1.807) is 24.3 Å². The van der Waals surface area contributed by atoms with E-state index in [1.807, 2.05) is 49.1 Å². The summed E-state index contributed by atoms with van der Waals surface area (Å²) in [5.74, 6) is -0.529. The van der Waals surface area contributed by atoms with E-state index in [1.165, 1.54) is 6.07 Å². The van der Waals surface area contributed by atoms with Gasteiger partial charge in [0.1, 0.15) is 5.58 Å². The highest BCUT2D eigenvalue weighted by molar-refractivity contribution is 6.31. The van der Waals surface area contributed by atoms with Crippen molar-refractivity contribution in [2.24, 2.45) is 0 Å². The summed E-state index contributed by atoms with van der Waals surface area (Å²) in [4.78, 5) is 26.8. The summed E-state index contributed by atoms with van der Waals surface area (Å²) in [7, 11) is 0. The normalized spacial score (nSPS) is 13.7. The number of nitrogens with one attached hydrogen (secondary N) is 1. The lowest BCUT2D eigenvalue weighted by Crippen LogP contribution is -2.18. The maximum absolute atomic E-state index is 13.1. The molecule has 0 amide bonds. The van der Waals surface area contributed by atoms with Gasteiger partial charge in [-0.05, 0) is 54.8 Å². The molecule has 172 valence electrons. The number of fused-ring (bicyclic) bond motifs is 2. The van der Waals surface area contributed by atoms with E-state index in [-0.39, 0.29) is 17.0 Å². The molecule has 1 aliphatic rings. The molecule has 2 N–H and O–H groups in total. The topological polar surface area (TPSA) is 82.8 Å². The number of nitrogens with zero attached hydrogens (tertiary/aromatic N) is 1. The van der Waals surface area contributed by atoms with Crippen molar-refractivity contribution in [3.63, 3.8) is 0 Å². The van der Waals surface area contributed by atoms with Gasteiger partial charge in [0.05, 0.1) is 17.0 Å². The minimum absolute atomic E-state index is 0.124. The van der Waals surface area contributed by atoms with Crippen LogP contribution in [-0.2, 0) is 13.1 Å². The molecule has 1 atom stereocenters. The predicted octanol–water partition coefficient (Wildman–Crippen LogP) is 6.15. The molecule has 4 aromatic rings. The minimum Gasteiger partial charge on any atom is -0.478 e. The van der Waals surface area contributed by atoms with Crippen molar-refractivity contribution in [2.45, 2.75) is 33.0 Å². The third-order valence-corrected chi connectivity index (χ3v) is 6.58. The number of aryl methyl sites for hydroxylation is 1. The summed E-state index contributed by atoms with van der Waals surface area (Å²) in [6.07, 6.45) is 0. The van der Waals surface area contributed by atoms with Crippen LogP contribution in [0, 0.1) is 6.92 Å². The van der Waals surface area contributed by atoms with Crippen LogP contribution < -0.4 is 15.6 Å². The monoisotopic (exact) mass is 474 g/mol. The molecule has 1 aliphatic heterocycles. The highest BCUT2D eigenvalue weighted by Gasteiger charge is 2.25. The molecule has 0 saturated heterocycles. The molecule has 34 heavy (non-hydrogen) atoms. The van der Waals surface area contributed by atoms with Crippen molar-refractivity contribution in [1.29, 1.82) is 0 Å². The molecule has 1 aromatic heterocycles. The van der Waals surface area contributed by atoms with E-state index in [0.717, 1.165) is 22.3 Å². The molecule has 0 fully saturated rings. The lowest BCUT2D eigenvalue weighted by Gasteiger charge is -2.21. The van der Waals surface area contributed by atoms with Crippen LogP contribution >= 0.6 is 11.6 Å². The lowest BCUT2D eigenvalue weighted by atomic mass is 10.0. The van der Waals surface area contributed by atoms with E-state index < -0.39 is 5.97 Å². The Bertz CT molecular complexity index is 1490. The van der Waals surface area contributed by atoms with E-state index in [0.29, 0.717) is 40.7 Å².